The third-order valence-corrected chi connectivity index (χ3v) is 7.49. The largest absolute Gasteiger partial charge is 0.481 e. The van der Waals surface area contributed by atoms with E-state index in [-0.39, 0.29) is 5.91 Å². The molecule has 5 nitrogen and oxygen atoms in total. The average Bonchev–Trinajstić information content (AvgIpc) is 2.76. The molecule has 178 valence electrons. The van der Waals surface area contributed by atoms with E-state index >= 15 is 0 Å². The number of piperidine rings is 1. The molecule has 1 aromatic rings. The number of amides is 1. The summed E-state index contributed by atoms with van der Waals surface area (Å²) in [5.74, 6) is -1.32. The van der Waals surface area contributed by atoms with E-state index < -0.39 is 12.4 Å². The molecule has 1 saturated carbocycles. The second kappa shape index (κ2) is 13.0. The summed E-state index contributed by atoms with van der Waals surface area (Å²) in [6.45, 7) is 3.44. The van der Waals surface area contributed by atoms with E-state index in [1.54, 1.807) is 4.90 Å². The van der Waals surface area contributed by atoms with E-state index in [1.165, 1.54) is 70.6 Å². The highest BCUT2D eigenvalue weighted by Gasteiger charge is 2.35. The van der Waals surface area contributed by atoms with Gasteiger partial charge in [-0.3, -0.25) is 14.5 Å². The van der Waals surface area contributed by atoms with Crippen LogP contribution in [0.1, 0.15) is 96.0 Å². The molecule has 2 unspecified atom stereocenters. The maximum Gasteiger partial charge on any atom is 0.312 e. The molecule has 0 spiro atoms. The number of rotatable bonds is 9. The van der Waals surface area contributed by atoms with Crippen LogP contribution in [0.25, 0.3) is 0 Å². The highest BCUT2D eigenvalue weighted by Crippen LogP contribution is 2.34. The number of aliphatic carboxylic acids is 1. The second-order valence-electron chi connectivity index (χ2n) is 9.75. The summed E-state index contributed by atoms with van der Waals surface area (Å²) in [7, 11) is 0. The molecule has 0 radical (unpaired) electrons. The molecule has 3 rings (SSSR count). The minimum atomic E-state index is -1.05. The topological polar surface area (TPSA) is 60.9 Å². The quantitative estimate of drug-likeness (QED) is 0.504. The molecule has 0 bridgehead atoms. The van der Waals surface area contributed by atoms with E-state index in [0.29, 0.717) is 31.2 Å². The number of carbonyl (C=O) groups excluding carboxylic acids is 1. The van der Waals surface area contributed by atoms with Gasteiger partial charge in [0.1, 0.15) is 6.42 Å². The van der Waals surface area contributed by atoms with E-state index in [0.717, 1.165) is 12.0 Å². The Labute approximate surface area is 194 Å². The lowest BCUT2D eigenvalue weighted by atomic mass is 9.86. The number of carbonyl (C=O) groups is 2. The maximum atomic E-state index is 12.7. The van der Waals surface area contributed by atoms with Crippen LogP contribution in [0.4, 0.5) is 0 Å². The number of hydrogen-bond acceptors (Lipinski definition) is 3. The van der Waals surface area contributed by atoms with E-state index in [4.69, 9.17) is 0 Å². The van der Waals surface area contributed by atoms with Crippen LogP contribution in [0.3, 0.4) is 0 Å². The van der Waals surface area contributed by atoms with Crippen molar-refractivity contribution in [3.8, 4) is 0 Å². The molecule has 1 aliphatic carbocycles. The molecule has 1 saturated heterocycles. The van der Waals surface area contributed by atoms with Gasteiger partial charge in [-0.05, 0) is 44.1 Å². The Kier molecular flexibility index (Phi) is 10.0. The molecule has 2 aliphatic rings. The first-order valence-corrected chi connectivity index (χ1v) is 12.9. The molecule has 1 aliphatic heterocycles. The lowest BCUT2D eigenvalue weighted by Gasteiger charge is -2.48. The number of benzene rings is 1. The number of carboxylic acid groups (broad SMARTS) is 1. The van der Waals surface area contributed by atoms with Gasteiger partial charge in [0, 0.05) is 31.2 Å². The fourth-order valence-electron chi connectivity index (χ4n) is 5.86. The molecular formula is C27H42N2O3. The van der Waals surface area contributed by atoms with Gasteiger partial charge in [-0.15, -0.1) is 0 Å². The average molecular weight is 443 g/mol. The molecule has 1 amide bonds. The van der Waals surface area contributed by atoms with Crippen LogP contribution >= 0.6 is 0 Å². The monoisotopic (exact) mass is 442 g/mol. The minimum absolute atomic E-state index is 0.276. The third kappa shape index (κ3) is 7.33. The number of carboxylic acids is 1. The van der Waals surface area contributed by atoms with Crippen molar-refractivity contribution < 1.29 is 14.7 Å². The third-order valence-electron chi connectivity index (χ3n) is 7.49. The first-order valence-electron chi connectivity index (χ1n) is 12.9. The molecule has 1 aromatic carbocycles. The van der Waals surface area contributed by atoms with Crippen molar-refractivity contribution in [2.75, 3.05) is 6.54 Å². The summed E-state index contributed by atoms with van der Waals surface area (Å²) in [5, 5.41) is 9.19. The summed E-state index contributed by atoms with van der Waals surface area (Å²) in [6, 6.07) is 11.7. The van der Waals surface area contributed by atoms with Gasteiger partial charge in [0.25, 0.3) is 0 Å². The van der Waals surface area contributed by atoms with Gasteiger partial charge in [0.2, 0.25) is 5.91 Å². The van der Waals surface area contributed by atoms with Crippen molar-refractivity contribution in [3.05, 3.63) is 35.9 Å². The Morgan fingerprint density at radius 3 is 2.25 bits per heavy atom. The number of hydrogen-bond donors (Lipinski definition) is 1. The van der Waals surface area contributed by atoms with Crippen molar-refractivity contribution in [1.29, 1.82) is 0 Å². The van der Waals surface area contributed by atoms with Gasteiger partial charge in [0.05, 0.1) is 0 Å². The van der Waals surface area contributed by atoms with Crippen molar-refractivity contribution in [2.24, 2.45) is 0 Å². The Hall–Kier alpha value is -1.88. The fourth-order valence-corrected chi connectivity index (χ4v) is 5.86. The standard InChI is InChI=1S/C27H42N2O3/c1-2-23-16-11-17-25(29(23)24-14-9-4-3-5-10-15-24)18-19-28(26(30)20-27(31)32)21-22-12-7-6-8-13-22/h6-8,12-13,23-25H,2-5,9-11,14-21H2,1H3,(H,31,32). The molecule has 5 heteroatoms. The van der Waals surface area contributed by atoms with Crippen LogP contribution < -0.4 is 0 Å². The lowest BCUT2D eigenvalue weighted by molar-refractivity contribution is -0.144. The normalized spacial score (nSPS) is 23.3. The Bertz CT molecular complexity index is 700. The van der Waals surface area contributed by atoms with Crippen molar-refractivity contribution in [3.63, 3.8) is 0 Å². The Morgan fingerprint density at radius 1 is 0.938 bits per heavy atom. The van der Waals surface area contributed by atoms with Crippen LogP contribution in [0.15, 0.2) is 30.3 Å². The zero-order valence-electron chi connectivity index (χ0n) is 19.9. The molecule has 1 N–H and O–H groups in total. The molecule has 1 heterocycles. The highest BCUT2D eigenvalue weighted by atomic mass is 16.4. The number of likely N-dealkylation sites (tertiary alicyclic amines) is 1. The van der Waals surface area contributed by atoms with E-state index in [1.807, 2.05) is 30.3 Å². The van der Waals surface area contributed by atoms with Gasteiger partial charge < -0.3 is 10.0 Å². The zero-order chi connectivity index (χ0) is 22.8. The summed E-state index contributed by atoms with van der Waals surface area (Å²) >= 11 is 0. The van der Waals surface area contributed by atoms with Gasteiger partial charge in [-0.2, -0.15) is 0 Å². The SMILES string of the molecule is CCC1CCCC(CCN(Cc2ccccc2)C(=O)CC(=O)O)N1C1CCCCCCC1. The summed E-state index contributed by atoms with van der Waals surface area (Å²) in [6.07, 6.45) is 14.8. The zero-order valence-corrected chi connectivity index (χ0v) is 19.9. The second-order valence-corrected chi connectivity index (χ2v) is 9.75. The predicted molar refractivity (Wildman–Crippen MR) is 128 cm³/mol. The molecule has 2 fully saturated rings. The first kappa shape index (κ1) is 24.8. The molecule has 32 heavy (non-hydrogen) atoms. The molecule has 0 aromatic heterocycles. The molecular weight excluding hydrogens is 400 g/mol. The minimum Gasteiger partial charge on any atom is -0.481 e. The van der Waals surface area contributed by atoms with Gasteiger partial charge in [-0.25, -0.2) is 0 Å². The smallest absolute Gasteiger partial charge is 0.312 e. The van der Waals surface area contributed by atoms with Crippen molar-refractivity contribution >= 4 is 11.9 Å². The van der Waals surface area contributed by atoms with Crippen LogP contribution in [0.5, 0.6) is 0 Å². The van der Waals surface area contributed by atoms with Gasteiger partial charge in [0.15, 0.2) is 0 Å². The van der Waals surface area contributed by atoms with Crippen molar-refractivity contribution in [1.82, 2.24) is 9.80 Å². The summed E-state index contributed by atoms with van der Waals surface area (Å²) in [4.78, 5) is 28.6. The fraction of sp³-hybridized carbons (Fsp3) is 0.704. The highest BCUT2D eigenvalue weighted by molar-refractivity contribution is 5.93. The van der Waals surface area contributed by atoms with E-state index in [2.05, 4.69) is 11.8 Å². The summed E-state index contributed by atoms with van der Waals surface area (Å²) < 4.78 is 0. The lowest BCUT2D eigenvalue weighted by Crippen LogP contribution is -2.53. The van der Waals surface area contributed by atoms with Gasteiger partial charge >= 0.3 is 5.97 Å². The Morgan fingerprint density at radius 2 is 1.59 bits per heavy atom. The van der Waals surface area contributed by atoms with Crippen LogP contribution in [-0.4, -0.2) is 51.5 Å². The first-order chi connectivity index (χ1) is 15.6. The Balaban J connectivity index is 1.70. The van der Waals surface area contributed by atoms with Crippen LogP contribution in [0, 0.1) is 0 Å². The number of nitrogens with zero attached hydrogens (tertiary/aromatic N) is 2. The predicted octanol–water partition coefficient (Wildman–Crippen LogP) is 5.63. The van der Waals surface area contributed by atoms with Crippen LogP contribution in [0.2, 0.25) is 0 Å². The van der Waals surface area contributed by atoms with E-state index in [9.17, 15) is 14.7 Å². The van der Waals surface area contributed by atoms with Crippen molar-refractivity contribution in [2.45, 2.75) is 115 Å². The molecule has 2 atom stereocenters. The summed E-state index contributed by atoms with van der Waals surface area (Å²) in [5.41, 5.74) is 1.05. The van der Waals surface area contributed by atoms with Gasteiger partial charge in [-0.1, -0.05) is 75.8 Å². The maximum absolute atomic E-state index is 12.7. The van der Waals surface area contributed by atoms with Crippen LogP contribution in [-0.2, 0) is 16.1 Å².